The van der Waals surface area contributed by atoms with E-state index < -0.39 is 5.91 Å². The summed E-state index contributed by atoms with van der Waals surface area (Å²) < 4.78 is 5.08. The first-order chi connectivity index (χ1) is 9.06. The molecule has 0 saturated carbocycles. The molecule has 0 unspecified atom stereocenters. The molecule has 2 amide bonds. The summed E-state index contributed by atoms with van der Waals surface area (Å²) in [4.78, 5) is 23.0. The van der Waals surface area contributed by atoms with Gasteiger partial charge in [-0.2, -0.15) is 0 Å². The Labute approximate surface area is 116 Å². The van der Waals surface area contributed by atoms with E-state index in [1.807, 2.05) is 0 Å². The van der Waals surface area contributed by atoms with Crippen molar-refractivity contribution in [3.05, 3.63) is 35.9 Å². The predicted molar refractivity (Wildman–Crippen MR) is 74.5 cm³/mol. The van der Waals surface area contributed by atoms with Crippen LogP contribution in [0.2, 0.25) is 5.02 Å². The van der Waals surface area contributed by atoms with Crippen LogP contribution >= 0.6 is 11.6 Å². The van der Waals surface area contributed by atoms with Crippen molar-refractivity contribution in [3.8, 4) is 5.75 Å². The topological polar surface area (TPSA) is 67.4 Å². The van der Waals surface area contributed by atoms with Crippen molar-refractivity contribution in [1.29, 1.82) is 0 Å². The van der Waals surface area contributed by atoms with Crippen LogP contribution in [0.4, 0.5) is 5.69 Å². The molecular formula is C13H15ClN2O3. The summed E-state index contributed by atoms with van der Waals surface area (Å²) >= 11 is 5.83. The number of benzene rings is 1. The molecule has 0 saturated heterocycles. The number of hydrogen-bond acceptors (Lipinski definition) is 3. The van der Waals surface area contributed by atoms with Crippen LogP contribution in [0.1, 0.15) is 6.42 Å². The Balaban J connectivity index is 2.63. The first-order valence-corrected chi connectivity index (χ1v) is 5.95. The predicted octanol–water partition coefficient (Wildman–Crippen LogP) is 1.98. The van der Waals surface area contributed by atoms with E-state index in [-0.39, 0.29) is 12.3 Å². The van der Waals surface area contributed by atoms with E-state index in [0.717, 1.165) is 0 Å². The SMILES string of the molecule is C=CCNC(=O)CC(=O)Nc1cc(Cl)ccc1OC. The Morgan fingerprint density at radius 1 is 1.42 bits per heavy atom. The van der Waals surface area contributed by atoms with Gasteiger partial charge >= 0.3 is 0 Å². The summed E-state index contributed by atoms with van der Waals surface area (Å²) in [5.74, 6) is -0.343. The number of anilines is 1. The number of carbonyl (C=O) groups is 2. The molecule has 0 aliphatic rings. The lowest BCUT2D eigenvalue weighted by Crippen LogP contribution is -2.28. The van der Waals surface area contributed by atoms with E-state index in [2.05, 4.69) is 17.2 Å². The van der Waals surface area contributed by atoms with Crippen molar-refractivity contribution in [1.82, 2.24) is 5.32 Å². The number of ether oxygens (including phenoxy) is 1. The minimum atomic E-state index is -0.442. The van der Waals surface area contributed by atoms with E-state index in [1.54, 1.807) is 18.2 Å². The van der Waals surface area contributed by atoms with Gasteiger partial charge in [0.25, 0.3) is 0 Å². The summed E-state index contributed by atoms with van der Waals surface area (Å²) in [6.07, 6.45) is 1.26. The van der Waals surface area contributed by atoms with Gasteiger partial charge in [0.2, 0.25) is 11.8 Å². The first kappa shape index (κ1) is 15.0. The molecule has 6 heteroatoms. The van der Waals surface area contributed by atoms with Crippen molar-refractivity contribution >= 4 is 29.1 Å². The minimum Gasteiger partial charge on any atom is -0.495 e. The largest absolute Gasteiger partial charge is 0.495 e. The Morgan fingerprint density at radius 2 is 2.16 bits per heavy atom. The van der Waals surface area contributed by atoms with Gasteiger partial charge in [-0.15, -0.1) is 6.58 Å². The van der Waals surface area contributed by atoms with Crippen molar-refractivity contribution in [2.75, 3.05) is 19.0 Å². The van der Waals surface area contributed by atoms with Gasteiger partial charge in [-0.3, -0.25) is 9.59 Å². The zero-order chi connectivity index (χ0) is 14.3. The van der Waals surface area contributed by atoms with Gasteiger partial charge in [0.1, 0.15) is 12.2 Å². The second kappa shape index (κ2) is 7.43. The van der Waals surface area contributed by atoms with Gasteiger partial charge in [0, 0.05) is 11.6 Å². The van der Waals surface area contributed by atoms with Gasteiger partial charge in [0.05, 0.1) is 12.8 Å². The molecule has 102 valence electrons. The molecule has 0 aliphatic carbocycles. The van der Waals surface area contributed by atoms with Crippen LogP contribution in [0.15, 0.2) is 30.9 Å². The average Bonchev–Trinajstić information content (AvgIpc) is 2.36. The summed E-state index contributed by atoms with van der Waals surface area (Å²) in [5.41, 5.74) is 0.427. The quantitative estimate of drug-likeness (QED) is 0.619. The highest BCUT2D eigenvalue weighted by Crippen LogP contribution is 2.27. The highest BCUT2D eigenvalue weighted by Gasteiger charge is 2.11. The number of rotatable bonds is 6. The van der Waals surface area contributed by atoms with Gasteiger partial charge in [-0.25, -0.2) is 0 Å². The lowest BCUT2D eigenvalue weighted by atomic mass is 10.2. The number of nitrogens with one attached hydrogen (secondary N) is 2. The van der Waals surface area contributed by atoms with Crippen molar-refractivity contribution < 1.29 is 14.3 Å². The van der Waals surface area contributed by atoms with E-state index >= 15 is 0 Å². The van der Waals surface area contributed by atoms with Gasteiger partial charge < -0.3 is 15.4 Å². The zero-order valence-electron chi connectivity index (χ0n) is 10.5. The van der Waals surface area contributed by atoms with Gasteiger partial charge in [0.15, 0.2) is 0 Å². The van der Waals surface area contributed by atoms with Crippen molar-refractivity contribution in [3.63, 3.8) is 0 Å². The third kappa shape index (κ3) is 5.01. The third-order valence-electron chi connectivity index (χ3n) is 2.20. The smallest absolute Gasteiger partial charge is 0.233 e. The van der Waals surface area contributed by atoms with Gasteiger partial charge in [-0.05, 0) is 18.2 Å². The standard InChI is InChI=1S/C13H15ClN2O3/c1-3-6-15-12(17)8-13(18)16-10-7-9(14)4-5-11(10)19-2/h3-5,7H,1,6,8H2,2H3,(H,15,17)(H,16,18). The minimum absolute atomic E-state index is 0.274. The number of hydrogen-bond donors (Lipinski definition) is 2. The number of halogens is 1. The van der Waals surface area contributed by atoms with Crippen LogP contribution < -0.4 is 15.4 Å². The van der Waals surface area contributed by atoms with Crippen molar-refractivity contribution in [2.24, 2.45) is 0 Å². The molecule has 2 N–H and O–H groups in total. The van der Waals surface area contributed by atoms with Crippen LogP contribution in [0.25, 0.3) is 0 Å². The highest BCUT2D eigenvalue weighted by atomic mass is 35.5. The van der Waals surface area contributed by atoms with E-state index in [4.69, 9.17) is 16.3 Å². The van der Waals surface area contributed by atoms with Gasteiger partial charge in [-0.1, -0.05) is 17.7 Å². The Bertz CT molecular complexity index is 489. The van der Waals surface area contributed by atoms with Crippen LogP contribution in [0, 0.1) is 0 Å². The maximum Gasteiger partial charge on any atom is 0.233 e. The van der Waals surface area contributed by atoms with Crippen LogP contribution in [-0.4, -0.2) is 25.5 Å². The lowest BCUT2D eigenvalue weighted by molar-refractivity contribution is -0.126. The zero-order valence-corrected chi connectivity index (χ0v) is 11.3. The maximum atomic E-state index is 11.7. The molecule has 0 atom stereocenters. The van der Waals surface area contributed by atoms with E-state index in [1.165, 1.54) is 13.2 Å². The summed E-state index contributed by atoms with van der Waals surface area (Å²) in [6.45, 7) is 3.79. The molecule has 5 nitrogen and oxygen atoms in total. The second-order valence-electron chi connectivity index (χ2n) is 3.66. The lowest BCUT2D eigenvalue weighted by Gasteiger charge is -2.10. The number of carbonyl (C=O) groups excluding carboxylic acids is 2. The molecule has 0 aliphatic heterocycles. The van der Waals surface area contributed by atoms with Crippen LogP contribution in [0.3, 0.4) is 0 Å². The normalized spacial score (nSPS) is 9.58. The fourth-order valence-electron chi connectivity index (χ4n) is 1.37. The highest BCUT2D eigenvalue weighted by molar-refractivity contribution is 6.31. The van der Waals surface area contributed by atoms with Crippen LogP contribution in [-0.2, 0) is 9.59 Å². The first-order valence-electron chi connectivity index (χ1n) is 5.57. The van der Waals surface area contributed by atoms with Crippen LogP contribution in [0.5, 0.6) is 5.75 Å². The van der Waals surface area contributed by atoms with E-state index in [9.17, 15) is 9.59 Å². The summed E-state index contributed by atoms with van der Waals surface area (Å²) in [7, 11) is 1.48. The maximum absolute atomic E-state index is 11.7. The molecule has 1 rings (SSSR count). The molecule has 0 heterocycles. The number of amides is 2. The fraction of sp³-hybridized carbons (Fsp3) is 0.231. The second-order valence-corrected chi connectivity index (χ2v) is 4.10. The third-order valence-corrected chi connectivity index (χ3v) is 2.44. The fourth-order valence-corrected chi connectivity index (χ4v) is 1.54. The number of methoxy groups -OCH3 is 1. The average molecular weight is 283 g/mol. The monoisotopic (exact) mass is 282 g/mol. The Kier molecular flexibility index (Phi) is 5.89. The Hall–Kier alpha value is -2.01. The Morgan fingerprint density at radius 3 is 2.79 bits per heavy atom. The molecular weight excluding hydrogens is 268 g/mol. The molecule has 1 aromatic rings. The molecule has 0 aromatic heterocycles. The molecule has 0 bridgehead atoms. The molecule has 0 radical (unpaired) electrons. The summed E-state index contributed by atoms with van der Waals surface area (Å²) in [6, 6.07) is 4.84. The molecule has 1 aromatic carbocycles. The molecule has 19 heavy (non-hydrogen) atoms. The molecule has 0 fully saturated rings. The summed E-state index contributed by atoms with van der Waals surface area (Å²) in [5, 5.41) is 5.55. The molecule has 0 spiro atoms. The van der Waals surface area contributed by atoms with E-state index in [0.29, 0.717) is 23.0 Å². The van der Waals surface area contributed by atoms with Crippen molar-refractivity contribution in [2.45, 2.75) is 6.42 Å².